The molecule has 1 aliphatic rings. The molecule has 2 aromatic carbocycles. The minimum absolute atomic E-state index is 0.00634. The molecule has 6 nitrogen and oxygen atoms in total. The quantitative estimate of drug-likeness (QED) is 0.771. The van der Waals surface area contributed by atoms with Crippen molar-refractivity contribution >= 4 is 23.2 Å². The molecule has 10 heteroatoms. The number of primary amides is 1. The zero-order chi connectivity index (χ0) is 21.2. The van der Waals surface area contributed by atoms with Crippen LogP contribution in [0.1, 0.15) is 11.7 Å². The van der Waals surface area contributed by atoms with Crippen molar-refractivity contribution in [2.75, 3.05) is 13.1 Å². The topological polar surface area (TPSA) is 85.0 Å². The van der Waals surface area contributed by atoms with E-state index in [2.05, 4.69) is 4.99 Å². The summed E-state index contributed by atoms with van der Waals surface area (Å²) in [5, 5.41) is 0. The lowest BCUT2D eigenvalue weighted by molar-refractivity contribution is -0.185. The molecule has 2 amide bonds. The first-order valence-electron chi connectivity index (χ1n) is 8.38. The molecule has 0 aromatic heterocycles. The van der Waals surface area contributed by atoms with Crippen LogP contribution in [-0.2, 0) is 9.59 Å². The van der Waals surface area contributed by atoms with Crippen LogP contribution in [0.3, 0.4) is 0 Å². The summed E-state index contributed by atoms with van der Waals surface area (Å²) in [5.41, 5.74) is 5.61. The van der Waals surface area contributed by atoms with Gasteiger partial charge in [0.25, 0.3) is 0 Å². The van der Waals surface area contributed by atoms with Crippen LogP contribution in [0, 0.1) is 5.82 Å². The smallest absolute Gasteiger partial charge is 0.471 e. The van der Waals surface area contributed by atoms with Gasteiger partial charge in [-0.05, 0) is 17.7 Å². The minimum atomic E-state index is -5.21. The molecule has 1 heterocycles. The normalized spacial score (nSPS) is 15.7. The highest BCUT2D eigenvalue weighted by Crippen LogP contribution is 2.38. The van der Waals surface area contributed by atoms with E-state index in [4.69, 9.17) is 10.5 Å². The van der Waals surface area contributed by atoms with Gasteiger partial charge in [-0.15, -0.1) is 0 Å². The Hall–Kier alpha value is -3.43. The average molecular weight is 409 g/mol. The van der Waals surface area contributed by atoms with Crippen molar-refractivity contribution in [2.45, 2.75) is 12.3 Å². The van der Waals surface area contributed by atoms with Crippen LogP contribution in [0.5, 0.6) is 5.75 Å². The van der Waals surface area contributed by atoms with Gasteiger partial charge in [-0.3, -0.25) is 9.59 Å². The molecule has 0 saturated heterocycles. The molecule has 0 bridgehead atoms. The number of alkyl halides is 3. The summed E-state index contributed by atoms with van der Waals surface area (Å²) in [6, 6.07) is 12.0. The van der Waals surface area contributed by atoms with Crippen LogP contribution in [-0.4, -0.2) is 41.7 Å². The number of amides is 2. The summed E-state index contributed by atoms with van der Waals surface area (Å²) in [5.74, 6) is -3.75. The number of ether oxygens (including phenoxy) is 1. The van der Waals surface area contributed by atoms with Crippen LogP contribution >= 0.6 is 0 Å². The van der Waals surface area contributed by atoms with E-state index < -0.39 is 43.0 Å². The fourth-order valence-electron chi connectivity index (χ4n) is 2.85. The third kappa shape index (κ3) is 4.71. The van der Waals surface area contributed by atoms with Gasteiger partial charge in [-0.25, -0.2) is 9.38 Å². The van der Waals surface area contributed by atoms with Crippen LogP contribution in [0.2, 0.25) is 0 Å². The van der Waals surface area contributed by atoms with E-state index in [1.54, 1.807) is 30.3 Å². The van der Waals surface area contributed by atoms with Gasteiger partial charge < -0.3 is 15.4 Å². The predicted octanol–water partition coefficient (Wildman–Crippen LogP) is 2.91. The lowest BCUT2D eigenvalue weighted by Crippen LogP contribution is -2.48. The third-order valence-electron chi connectivity index (χ3n) is 4.06. The van der Waals surface area contributed by atoms with Crippen molar-refractivity contribution in [3.05, 3.63) is 59.9 Å². The molecule has 0 spiro atoms. The first-order chi connectivity index (χ1) is 13.6. The Morgan fingerprint density at radius 3 is 2.45 bits per heavy atom. The highest BCUT2D eigenvalue weighted by Gasteiger charge is 2.44. The van der Waals surface area contributed by atoms with Gasteiger partial charge in [-0.1, -0.05) is 30.3 Å². The number of benzene rings is 2. The molecule has 1 atom stereocenters. The number of carbonyl (C=O) groups excluding carboxylic acids is 2. The zero-order valence-corrected chi connectivity index (χ0v) is 14.8. The van der Waals surface area contributed by atoms with E-state index >= 15 is 0 Å². The monoisotopic (exact) mass is 409 g/mol. The molecular weight excluding hydrogens is 394 g/mol. The van der Waals surface area contributed by atoms with Crippen LogP contribution in [0.4, 0.5) is 23.2 Å². The molecule has 0 saturated carbocycles. The fraction of sp³-hybridized carbons (Fsp3) is 0.211. The Balaban J connectivity index is 2.02. The van der Waals surface area contributed by atoms with Gasteiger partial charge in [0.1, 0.15) is 23.8 Å². The van der Waals surface area contributed by atoms with Gasteiger partial charge >= 0.3 is 12.1 Å². The number of carbonyl (C=O) groups is 2. The van der Waals surface area contributed by atoms with E-state index in [0.717, 1.165) is 12.1 Å². The number of fused-ring (bicyclic) bond motifs is 1. The van der Waals surface area contributed by atoms with Gasteiger partial charge in [-0.2, -0.15) is 13.2 Å². The van der Waals surface area contributed by atoms with Crippen molar-refractivity contribution < 1.29 is 31.9 Å². The van der Waals surface area contributed by atoms with Crippen LogP contribution in [0.15, 0.2) is 53.5 Å². The average Bonchev–Trinajstić information content (AvgIpc) is 2.66. The van der Waals surface area contributed by atoms with E-state index in [0.29, 0.717) is 5.56 Å². The van der Waals surface area contributed by atoms with Gasteiger partial charge in [0.2, 0.25) is 5.91 Å². The van der Waals surface area contributed by atoms with Crippen LogP contribution < -0.4 is 10.5 Å². The van der Waals surface area contributed by atoms with Gasteiger partial charge in [0, 0.05) is 6.07 Å². The SMILES string of the molecule is NC(=O)CN(CC1=Nc2cc(F)ccc2OC1c1ccccc1)C(=O)C(F)(F)F. The maximum atomic E-state index is 13.6. The Morgan fingerprint density at radius 2 is 1.83 bits per heavy atom. The second-order valence-corrected chi connectivity index (χ2v) is 6.25. The Labute approximate surface area is 162 Å². The number of halogens is 4. The van der Waals surface area contributed by atoms with Gasteiger partial charge in [0.15, 0.2) is 6.10 Å². The number of nitrogens with two attached hydrogens (primary N) is 1. The van der Waals surface area contributed by atoms with Gasteiger partial charge in [0.05, 0.1) is 12.3 Å². The number of aliphatic imine (C=N–C) groups is 1. The number of nitrogens with zero attached hydrogens (tertiary/aromatic N) is 2. The molecule has 0 aliphatic carbocycles. The Kier molecular flexibility index (Phi) is 5.53. The fourth-order valence-corrected chi connectivity index (χ4v) is 2.85. The number of hydrogen-bond acceptors (Lipinski definition) is 4. The van der Waals surface area contributed by atoms with Crippen molar-refractivity contribution in [3.63, 3.8) is 0 Å². The molecule has 152 valence electrons. The zero-order valence-electron chi connectivity index (χ0n) is 14.8. The maximum absolute atomic E-state index is 13.6. The van der Waals surface area contributed by atoms with Crippen LogP contribution in [0.25, 0.3) is 0 Å². The molecule has 1 aliphatic heterocycles. The van der Waals surface area contributed by atoms with Crippen molar-refractivity contribution in [1.82, 2.24) is 4.90 Å². The standard InChI is InChI=1S/C19H15F4N3O3/c20-12-6-7-15-13(8-12)25-14(17(29-15)11-4-2-1-3-5-11)9-26(10-16(24)27)18(28)19(21,22)23/h1-8,17H,9-10H2,(H2,24,27). The summed E-state index contributed by atoms with van der Waals surface area (Å²) >= 11 is 0. The Bertz CT molecular complexity index is 961. The van der Waals surface area contributed by atoms with E-state index in [9.17, 15) is 27.2 Å². The summed E-state index contributed by atoms with van der Waals surface area (Å²) in [6.07, 6.45) is -6.15. The van der Waals surface area contributed by atoms with E-state index in [1.807, 2.05) is 0 Å². The lowest BCUT2D eigenvalue weighted by atomic mass is 10.0. The third-order valence-corrected chi connectivity index (χ3v) is 4.06. The second kappa shape index (κ2) is 7.90. The first kappa shape index (κ1) is 20.3. The molecule has 2 aromatic rings. The van der Waals surface area contributed by atoms with E-state index in [-0.39, 0.29) is 22.0 Å². The van der Waals surface area contributed by atoms with Crippen molar-refractivity contribution in [2.24, 2.45) is 10.7 Å². The summed E-state index contributed by atoms with van der Waals surface area (Å²) in [7, 11) is 0. The largest absolute Gasteiger partial charge is 0.477 e. The molecule has 1 unspecified atom stereocenters. The first-order valence-corrected chi connectivity index (χ1v) is 8.38. The van der Waals surface area contributed by atoms with Crippen molar-refractivity contribution in [3.8, 4) is 5.75 Å². The lowest BCUT2D eigenvalue weighted by Gasteiger charge is -2.30. The van der Waals surface area contributed by atoms with Crippen molar-refractivity contribution in [1.29, 1.82) is 0 Å². The molecule has 2 N–H and O–H groups in total. The number of rotatable bonds is 5. The summed E-state index contributed by atoms with van der Waals surface area (Å²) in [6.45, 7) is -1.65. The highest BCUT2D eigenvalue weighted by atomic mass is 19.4. The molecule has 3 rings (SSSR count). The molecular formula is C19H15F4N3O3. The molecule has 29 heavy (non-hydrogen) atoms. The molecule has 0 fully saturated rings. The second-order valence-electron chi connectivity index (χ2n) is 6.25. The summed E-state index contributed by atoms with van der Waals surface area (Å²) < 4.78 is 58.2. The predicted molar refractivity (Wildman–Crippen MR) is 95.1 cm³/mol. The Morgan fingerprint density at radius 1 is 1.14 bits per heavy atom. The maximum Gasteiger partial charge on any atom is 0.471 e. The summed E-state index contributed by atoms with van der Waals surface area (Å²) in [4.78, 5) is 27.4. The minimum Gasteiger partial charge on any atom is -0.477 e. The molecule has 0 radical (unpaired) electrons. The number of hydrogen-bond donors (Lipinski definition) is 1. The van der Waals surface area contributed by atoms with E-state index in [1.165, 1.54) is 6.07 Å². The highest BCUT2D eigenvalue weighted by molar-refractivity contribution is 5.99.